The first-order valence-electron chi connectivity index (χ1n) is 7.78. The van der Waals surface area contributed by atoms with E-state index in [-0.39, 0.29) is 24.2 Å². The van der Waals surface area contributed by atoms with Gasteiger partial charge in [-0.3, -0.25) is 0 Å². The van der Waals surface area contributed by atoms with Crippen LogP contribution >= 0.6 is 0 Å². The molecule has 2 atom stereocenters. The Bertz CT molecular complexity index is 383. The minimum atomic E-state index is -0.852. The molecule has 2 unspecified atom stereocenters. The average Bonchev–Trinajstić information content (AvgIpc) is 2.46. The molecule has 0 bridgehead atoms. The van der Waals surface area contributed by atoms with Gasteiger partial charge in [0.05, 0.1) is 19.3 Å². The summed E-state index contributed by atoms with van der Waals surface area (Å²) in [7, 11) is 1.38. The number of urea groups is 1. The third-order valence-corrected chi connectivity index (χ3v) is 4.34. The van der Waals surface area contributed by atoms with Gasteiger partial charge in [0.2, 0.25) is 0 Å². The average molecular weight is 298 g/mol. The van der Waals surface area contributed by atoms with Crippen LogP contribution in [0.1, 0.15) is 46.0 Å². The van der Waals surface area contributed by atoms with Crippen LogP contribution in [0, 0.1) is 0 Å². The molecule has 0 spiro atoms. The Kier molecular flexibility index (Phi) is 5.08. The van der Waals surface area contributed by atoms with Crippen molar-refractivity contribution in [3.05, 3.63) is 0 Å². The summed E-state index contributed by atoms with van der Waals surface area (Å²) in [5.41, 5.74) is -0.852. The van der Waals surface area contributed by atoms with Gasteiger partial charge >= 0.3 is 12.0 Å². The van der Waals surface area contributed by atoms with Crippen LogP contribution in [0.25, 0.3) is 0 Å². The quantitative estimate of drug-likeness (QED) is 0.788. The van der Waals surface area contributed by atoms with Gasteiger partial charge in [-0.25, -0.2) is 9.59 Å². The second-order valence-corrected chi connectivity index (χ2v) is 6.23. The minimum absolute atomic E-state index is 0.0138. The number of nitrogens with one attached hydrogen (secondary N) is 1. The van der Waals surface area contributed by atoms with E-state index in [0.717, 1.165) is 19.3 Å². The molecule has 1 saturated heterocycles. The first-order chi connectivity index (χ1) is 9.97. The van der Waals surface area contributed by atoms with Crippen molar-refractivity contribution in [1.82, 2.24) is 10.2 Å². The van der Waals surface area contributed by atoms with Crippen LogP contribution in [-0.2, 0) is 14.3 Å². The molecule has 1 N–H and O–H groups in total. The van der Waals surface area contributed by atoms with E-state index in [0.29, 0.717) is 25.9 Å². The maximum atomic E-state index is 12.5. The van der Waals surface area contributed by atoms with E-state index >= 15 is 0 Å². The standard InChI is InChI=1S/C15H26N2O4/c1-11-9-17(10-12(2)21-11)14(19)16-15(13(18)20-3)7-5-4-6-8-15/h11-12H,4-10H2,1-3H3,(H,16,19). The Morgan fingerprint density at radius 2 is 1.71 bits per heavy atom. The van der Waals surface area contributed by atoms with Crippen molar-refractivity contribution < 1.29 is 19.1 Å². The summed E-state index contributed by atoms with van der Waals surface area (Å²) in [6, 6.07) is -0.190. The van der Waals surface area contributed by atoms with Gasteiger partial charge in [-0.15, -0.1) is 0 Å². The molecule has 1 saturated carbocycles. The largest absolute Gasteiger partial charge is 0.467 e. The van der Waals surface area contributed by atoms with E-state index in [1.807, 2.05) is 13.8 Å². The fourth-order valence-corrected chi connectivity index (χ4v) is 3.36. The lowest BCUT2D eigenvalue weighted by molar-refractivity contribution is -0.149. The number of hydrogen-bond acceptors (Lipinski definition) is 4. The van der Waals surface area contributed by atoms with Crippen LogP contribution in [0.3, 0.4) is 0 Å². The lowest BCUT2D eigenvalue weighted by Crippen LogP contribution is -2.61. The van der Waals surface area contributed by atoms with E-state index in [1.165, 1.54) is 7.11 Å². The molecule has 0 aromatic rings. The van der Waals surface area contributed by atoms with Crippen LogP contribution in [0.4, 0.5) is 4.79 Å². The van der Waals surface area contributed by atoms with Gasteiger partial charge in [-0.1, -0.05) is 19.3 Å². The summed E-state index contributed by atoms with van der Waals surface area (Å²) in [6.45, 7) is 5.00. The highest BCUT2D eigenvalue weighted by Gasteiger charge is 2.43. The molecule has 1 heterocycles. The number of ether oxygens (including phenoxy) is 2. The Morgan fingerprint density at radius 1 is 1.14 bits per heavy atom. The third kappa shape index (κ3) is 3.67. The van der Waals surface area contributed by atoms with Gasteiger partial charge in [0.15, 0.2) is 0 Å². The normalized spacial score (nSPS) is 28.8. The number of carbonyl (C=O) groups excluding carboxylic acids is 2. The monoisotopic (exact) mass is 298 g/mol. The van der Waals surface area contributed by atoms with Crippen LogP contribution in [-0.4, -0.2) is 54.8 Å². The second-order valence-electron chi connectivity index (χ2n) is 6.23. The topological polar surface area (TPSA) is 67.9 Å². The van der Waals surface area contributed by atoms with Crippen molar-refractivity contribution >= 4 is 12.0 Å². The first-order valence-corrected chi connectivity index (χ1v) is 7.78. The highest BCUT2D eigenvalue weighted by Crippen LogP contribution is 2.29. The highest BCUT2D eigenvalue weighted by atomic mass is 16.5. The number of morpholine rings is 1. The van der Waals surface area contributed by atoms with Crippen LogP contribution in [0.15, 0.2) is 0 Å². The Labute approximate surface area is 126 Å². The molecule has 1 aliphatic heterocycles. The van der Waals surface area contributed by atoms with E-state index in [1.54, 1.807) is 4.90 Å². The Morgan fingerprint density at radius 3 is 2.24 bits per heavy atom. The Hall–Kier alpha value is -1.30. The van der Waals surface area contributed by atoms with Crippen molar-refractivity contribution in [2.24, 2.45) is 0 Å². The molecule has 0 aromatic heterocycles. The summed E-state index contributed by atoms with van der Waals surface area (Å²) < 4.78 is 10.6. The lowest BCUT2D eigenvalue weighted by Gasteiger charge is -2.40. The number of nitrogens with zero attached hydrogens (tertiary/aromatic N) is 1. The molecular formula is C15H26N2O4. The number of esters is 1. The van der Waals surface area contributed by atoms with Crippen LogP contribution in [0.5, 0.6) is 0 Å². The number of carbonyl (C=O) groups is 2. The molecule has 0 radical (unpaired) electrons. The van der Waals surface area contributed by atoms with E-state index in [4.69, 9.17) is 9.47 Å². The maximum absolute atomic E-state index is 12.5. The van der Waals surface area contributed by atoms with Crippen LogP contribution in [0.2, 0.25) is 0 Å². The van der Waals surface area contributed by atoms with E-state index < -0.39 is 5.54 Å². The van der Waals surface area contributed by atoms with Crippen molar-refractivity contribution in [2.45, 2.75) is 63.7 Å². The van der Waals surface area contributed by atoms with E-state index in [9.17, 15) is 9.59 Å². The van der Waals surface area contributed by atoms with Crippen molar-refractivity contribution in [2.75, 3.05) is 20.2 Å². The Balaban J connectivity index is 2.05. The van der Waals surface area contributed by atoms with E-state index in [2.05, 4.69) is 5.32 Å². The molecular weight excluding hydrogens is 272 g/mol. The summed E-state index contributed by atoms with van der Waals surface area (Å²) in [4.78, 5) is 26.4. The zero-order valence-corrected chi connectivity index (χ0v) is 13.2. The molecule has 2 fully saturated rings. The van der Waals surface area contributed by atoms with Crippen molar-refractivity contribution in [3.8, 4) is 0 Å². The predicted octanol–water partition coefficient (Wildman–Crippen LogP) is 1.68. The van der Waals surface area contributed by atoms with Gasteiger partial charge in [-0.05, 0) is 26.7 Å². The minimum Gasteiger partial charge on any atom is -0.467 e. The molecule has 6 heteroatoms. The molecule has 6 nitrogen and oxygen atoms in total. The number of hydrogen-bond donors (Lipinski definition) is 1. The molecule has 2 rings (SSSR count). The number of rotatable bonds is 2. The fraction of sp³-hybridized carbons (Fsp3) is 0.867. The molecule has 120 valence electrons. The molecule has 2 amide bonds. The van der Waals surface area contributed by atoms with Gasteiger partial charge < -0.3 is 19.7 Å². The second kappa shape index (κ2) is 6.64. The summed E-state index contributed by atoms with van der Waals surface area (Å²) in [6.07, 6.45) is 4.30. The fourth-order valence-electron chi connectivity index (χ4n) is 3.36. The summed E-state index contributed by atoms with van der Waals surface area (Å²) in [5, 5.41) is 2.95. The highest BCUT2D eigenvalue weighted by molar-refractivity contribution is 5.87. The van der Waals surface area contributed by atoms with Gasteiger partial charge in [0.25, 0.3) is 0 Å². The van der Waals surface area contributed by atoms with Gasteiger partial charge in [0, 0.05) is 13.1 Å². The number of methoxy groups -OCH3 is 1. The molecule has 1 aliphatic carbocycles. The first kappa shape index (κ1) is 16.1. The van der Waals surface area contributed by atoms with Crippen molar-refractivity contribution in [3.63, 3.8) is 0 Å². The molecule has 2 aliphatic rings. The summed E-state index contributed by atoms with van der Waals surface area (Å²) in [5.74, 6) is -0.329. The zero-order valence-electron chi connectivity index (χ0n) is 13.2. The molecule has 21 heavy (non-hydrogen) atoms. The van der Waals surface area contributed by atoms with Crippen LogP contribution < -0.4 is 5.32 Å². The third-order valence-electron chi connectivity index (χ3n) is 4.34. The number of amides is 2. The molecule has 0 aromatic carbocycles. The summed E-state index contributed by atoms with van der Waals surface area (Å²) >= 11 is 0. The van der Waals surface area contributed by atoms with Crippen molar-refractivity contribution in [1.29, 1.82) is 0 Å². The predicted molar refractivity (Wildman–Crippen MR) is 77.9 cm³/mol. The maximum Gasteiger partial charge on any atom is 0.331 e. The van der Waals surface area contributed by atoms with Gasteiger partial charge in [0.1, 0.15) is 5.54 Å². The van der Waals surface area contributed by atoms with Gasteiger partial charge in [-0.2, -0.15) is 0 Å². The SMILES string of the molecule is COC(=O)C1(NC(=O)N2CC(C)OC(C)C2)CCCCC1. The zero-order chi connectivity index (χ0) is 15.5. The lowest BCUT2D eigenvalue weighted by atomic mass is 9.81. The smallest absolute Gasteiger partial charge is 0.331 e.